The number of nitrogens with two attached hydrogens (primary N) is 1. The largest absolute Gasteiger partial charge is 0.401 e. The first kappa shape index (κ1) is 15.6. The quantitative estimate of drug-likeness (QED) is 0.897. The van der Waals surface area contributed by atoms with Crippen LogP contribution in [0.3, 0.4) is 0 Å². The van der Waals surface area contributed by atoms with Crippen LogP contribution < -0.4 is 5.73 Å². The van der Waals surface area contributed by atoms with Crippen LogP contribution in [0.15, 0.2) is 24.3 Å². The lowest BCUT2D eigenvalue weighted by Gasteiger charge is -2.35. The molecular formula is C14H18ClF3N2. The Morgan fingerprint density at radius 1 is 1.35 bits per heavy atom. The molecule has 1 aromatic carbocycles. The highest BCUT2D eigenvalue weighted by Crippen LogP contribution is 2.39. The summed E-state index contributed by atoms with van der Waals surface area (Å²) in [4.78, 5) is 1.45. The van der Waals surface area contributed by atoms with Crippen molar-refractivity contribution in [2.75, 3.05) is 6.54 Å². The second-order valence-corrected chi connectivity index (χ2v) is 5.75. The molecule has 6 heteroatoms. The van der Waals surface area contributed by atoms with E-state index in [1.165, 1.54) is 4.90 Å². The third-order valence-electron chi connectivity index (χ3n) is 3.46. The lowest BCUT2D eigenvalue weighted by molar-refractivity contribution is -0.153. The SMILES string of the molecule is CC(N)C(c1ccccc1Cl)N(CC(F)(F)F)C1CC1. The Morgan fingerprint density at radius 2 is 1.95 bits per heavy atom. The van der Waals surface area contributed by atoms with Crippen LogP contribution >= 0.6 is 11.6 Å². The van der Waals surface area contributed by atoms with Crippen molar-refractivity contribution in [3.63, 3.8) is 0 Å². The minimum Gasteiger partial charge on any atom is -0.326 e. The van der Waals surface area contributed by atoms with E-state index in [-0.39, 0.29) is 6.04 Å². The number of alkyl halides is 3. The Morgan fingerprint density at radius 3 is 2.40 bits per heavy atom. The molecule has 0 aromatic heterocycles. The molecule has 112 valence electrons. The van der Waals surface area contributed by atoms with Gasteiger partial charge >= 0.3 is 6.18 Å². The van der Waals surface area contributed by atoms with Crippen LogP contribution in [0.4, 0.5) is 13.2 Å². The zero-order valence-corrected chi connectivity index (χ0v) is 12.0. The normalized spacial score (nSPS) is 19.1. The van der Waals surface area contributed by atoms with Crippen LogP contribution in [-0.4, -0.2) is 29.7 Å². The van der Waals surface area contributed by atoms with E-state index in [0.29, 0.717) is 10.6 Å². The highest BCUT2D eigenvalue weighted by Gasteiger charge is 2.43. The average molecular weight is 307 g/mol. The van der Waals surface area contributed by atoms with Gasteiger partial charge < -0.3 is 5.73 Å². The first-order valence-corrected chi connectivity index (χ1v) is 7.00. The van der Waals surface area contributed by atoms with Gasteiger partial charge in [-0.3, -0.25) is 4.90 Å². The first-order chi connectivity index (χ1) is 9.29. The first-order valence-electron chi connectivity index (χ1n) is 6.62. The lowest BCUT2D eigenvalue weighted by atomic mass is 9.98. The Balaban J connectivity index is 2.32. The molecule has 0 saturated heterocycles. The topological polar surface area (TPSA) is 29.3 Å². The van der Waals surface area contributed by atoms with Crippen molar-refractivity contribution in [2.45, 2.75) is 44.1 Å². The highest BCUT2D eigenvalue weighted by atomic mass is 35.5. The Labute approximate surface area is 121 Å². The maximum atomic E-state index is 12.8. The Hall–Kier alpha value is -0.780. The van der Waals surface area contributed by atoms with Gasteiger partial charge in [0.15, 0.2) is 0 Å². The van der Waals surface area contributed by atoms with Gasteiger partial charge in [0.1, 0.15) is 0 Å². The van der Waals surface area contributed by atoms with Crippen LogP contribution in [0, 0.1) is 0 Å². The molecule has 1 aliphatic carbocycles. The summed E-state index contributed by atoms with van der Waals surface area (Å²) >= 11 is 6.14. The average Bonchev–Trinajstić information content (AvgIpc) is 3.12. The summed E-state index contributed by atoms with van der Waals surface area (Å²) in [7, 11) is 0. The molecule has 2 atom stereocenters. The number of hydrogen-bond acceptors (Lipinski definition) is 2. The van der Waals surface area contributed by atoms with Crippen molar-refractivity contribution in [1.29, 1.82) is 0 Å². The predicted octanol–water partition coefficient (Wildman–Crippen LogP) is 3.76. The number of rotatable bonds is 5. The van der Waals surface area contributed by atoms with Crippen molar-refractivity contribution >= 4 is 11.6 Å². The van der Waals surface area contributed by atoms with Gasteiger partial charge in [-0.25, -0.2) is 0 Å². The van der Waals surface area contributed by atoms with Gasteiger partial charge in [-0.1, -0.05) is 29.8 Å². The molecular weight excluding hydrogens is 289 g/mol. The molecule has 2 N–H and O–H groups in total. The highest BCUT2D eigenvalue weighted by molar-refractivity contribution is 6.31. The summed E-state index contributed by atoms with van der Waals surface area (Å²) in [6.45, 7) is 0.773. The van der Waals surface area contributed by atoms with Crippen molar-refractivity contribution in [2.24, 2.45) is 5.73 Å². The summed E-state index contributed by atoms with van der Waals surface area (Å²) < 4.78 is 38.5. The lowest BCUT2D eigenvalue weighted by Crippen LogP contribution is -2.45. The van der Waals surface area contributed by atoms with Gasteiger partial charge in [-0.15, -0.1) is 0 Å². The predicted molar refractivity (Wildman–Crippen MR) is 73.6 cm³/mol. The van der Waals surface area contributed by atoms with Gasteiger partial charge in [0.05, 0.1) is 12.6 Å². The van der Waals surface area contributed by atoms with Crippen LogP contribution in [0.25, 0.3) is 0 Å². The second kappa shape index (κ2) is 5.92. The fraction of sp³-hybridized carbons (Fsp3) is 0.571. The molecule has 1 fully saturated rings. The van der Waals surface area contributed by atoms with E-state index in [0.717, 1.165) is 12.8 Å². The zero-order valence-electron chi connectivity index (χ0n) is 11.2. The number of benzene rings is 1. The fourth-order valence-electron chi connectivity index (χ4n) is 2.55. The molecule has 0 amide bonds. The fourth-order valence-corrected chi connectivity index (χ4v) is 2.79. The molecule has 20 heavy (non-hydrogen) atoms. The van der Waals surface area contributed by atoms with E-state index < -0.39 is 24.8 Å². The van der Waals surface area contributed by atoms with Crippen LogP contribution in [-0.2, 0) is 0 Å². The summed E-state index contributed by atoms with van der Waals surface area (Å²) in [6.07, 6.45) is -2.68. The number of nitrogens with zero attached hydrogens (tertiary/aromatic N) is 1. The standard InChI is InChI=1S/C14H18ClF3N2/c1-9(19)13(11-4-2-3-5-12(11)15)20(10-6-7-10)8-14(16,17)18/h2-5,9-10,13H,6-8,19H2,1H3. The van der Waals surface area contributed by atoms with Crippen molar-refractivity contribution in [3.05, 3.63) is 34.9 Å². The van der Waals surface area contributed by atoms with Crippen LogP contribution in [0.2, 0.25) is 5.02 Å². The molecule has 0 radical (unpaired) electrons. The molecule has 2 rings (SSSR count). The van der Waals surface area contributed by atoms with Crippen molar-refractivity contribution in [1.82, 2.24) is 4.90 Å². The summed E-state index contributed by atoms with van der Waals surface area (Å²) in [5.41, 5.74) is 6.62. The molecule has 0 heterocycles. The van der Waals surface area contributed by atoms with Gasteiger partial charge in [0, 0.05) is 17.1 Å². The van der Waals surface area contributed by atoms with Crippen molar-refractivity contribution in [3.8, 4) is 0 Å². The summed E-state index contributed by atoms with van der Waals surface area (Å²) in [6, 6.07) is 5.97. The third kappa shape index (κ3) is 3.87. The van der Waals surface area contributed by atoms with Crippen molar-refractivity contribution < 1.29 is 13.2 Å². The van der Waals surface area contributed by atoms with E-state index in [4.69, 9.17) is 17.3 Å². The smallest absolute Gasteiger partial charge is 0.326 e. The Kier molecular flexibility index (Phi) is 4.62. The minimum absolute atomic E-state index is 0.0519. The molecule has 1 aliphatic rings. The Bertz CT molecular complexity index is 458. The minimum atomic E-state index is -4.24. The molecule has 0 bridgehead atoms. The summed E-state index contributed by atoms with van der Waals surface area (Å²) in [5.74, 6) is 0. The van der Waals surface area contributed by atoms with Gasteiger partial charge in [-0.05, 0) is 31.4 Å². The second-order valence-electron chi connectivity index (χ2n) is 5.34. The van der Waals surface area contributed by atoms with E-state index in [1.807, 2.05) is 0 Å². The summed E-state index contributed by atoms with van der Waals surface area (Å²) in [5, 5.41) is 0.461. The molecule has 2 unspecified atom stereocenters. The van der Waals surface area contributed by atoms with Crippen LogP contribution in [0.1, 0.15) is 31.4 Å². The van der Waals surface area contributed by atoms with E-state index >= 15 is 0 Å². The van der Waals surface area contributed by atoms with Gasteiger partial charge in [0.25, 0.3) is 0 Å². The monoisotopic (exact) mass is 306 g/mol. The van der Waals surface area contributed by atoms with E-state index in [9.17, 15) is 13.2 Å². The molecule has 0 spiro atoms. The number of hydrogen-bond donors (Lipinski definition) is 1. The van der Waals surface area contributed by atoms with E-state index in [2.05, 4.69) is 0 Å². The van der Waals surface area contributed by atoms with Gasteiger partial charge in [-0.2, -0.15) is 13.2 Å². The number of halogens is 4. The molecule has 0 aliphatic heterocycles. The zero-order chi connectivity index (χ0) is 14.9. The van der Waals surface area contributed by atoms with Crippen LogP contribution in [0.5, 0.6) is 0 Å². The molecule has 1 saturated carbocycles. The van der Waals surface area contributed by atoms with E-state index in [1.54, 1.807) is 31.2 Å². The third-order valence-corrected chi connectivity index (χ3v) is 3.80. The maximum Gasteiger partial charge on any atom is 0.401 e. The molecule has 1 aromatic rings. The maximum absolute atomic E-state index is 12.8. The molecule has 2 nitrogen and oxygen atoms in total. The van der Waals surface area contributed by atoms with Gasteiger partial charge in [0.2, 0.25) is 0 Å².